The molecule has 0 atom stereocenters. The van der Waals surface area contributed by atoms with Crippen molar-refractivity contribution < 1.29 is 0 Å². The van der Waals surface area contributed by atoms with Gasteiger partial charge in [-0.1, -0.05) is 18.9 Å². The van der Waals surface area contributed by atoms with Crippen molar-refractivity contribution in [1.29, 1.82) is 0 Å². The van der Waals surface area contributed by atoms with E-state index in [4.69, 9.17) is 4.98 Å². The van der Waals surface area contributed by atoms with Crippen molar-refractivity contribution in [3.05, 3.63) is 17.6 Å². The first-order valence-electron chi connectivity index (χ1n) is 8.75. The molecular weight excluding hydrogens is 304 g/mol. The Morgan fingerprint density at radius 2 is 1.75 bits per heavy atom. The molecule has 3 heterocycles. The molecule has 8 heteroatoms. The summed E-state index contributed by atoms with van der Waals surface area (Å²) in [6.07, 6.45) is 2.38. The third-order valence-corrected chi connectivity index (χ3v) is 4.63. The second-order valence-electron chi connectivity index (χ2n) is 7.01. The minimum absolute atomic E-state index is 0.341. The van der Waals surface area contributed by atoms with Gasteiger partial charge in [0.2, 0.25) is 5.95 Å². The van der Waals surface area contributed by atoms with Gasteiger partial charge in [-0.2, -0.15) is 0 Å². The maximum absolute atomic E-state index is 4.75. The van der Waals surface area contributed by atoms with Crippen LogP contribution in [0.3, 0.4) is 0 Å². The molecule has 8 nitrogen and oxygen atoms in total. The van der Waals surface area contributed by atoms with Crippen molar-refractivity contribution in [2.45, 2.75) is 45.6 Å². The van der Waals surface area contributed by atoms with Crippen LogP contribution in [0, 0.1) is 6.92 Å². The van der Waals surface area contributed by atoms with Crippen LogP contribution >= 0.6 is 0 Å². The van der Waals surface area contributed by atoms with Crippen LogP contribution in [0.25, 0.3) is 0 Å². The highest BCUT2D eigenvalue weighted by atomic mass is 15.6. The molecule has 24 heavy (non-hydrogen) atoms. The number of hydrogen-bond donors (Lipinski definition) is 0. The quantitative estimate of drug-likeness (QED) is 0.843. The maximum Gasteiger partial charge on any atom is 0.245 e. The number of tetrazole rings is 1. The minimum Gasteiger partial charge on any atom is -0.353 e. The predicted octanol–water partition coefficient (Wildman–Crippen LogP) is 1.56. The van der Waals surface area contributed by atoms with Crippen LogP contribution in [0.4, 0.5) is 11.8 Å². The lowest BCUT2D eigenvalue weighted by atomic mass is 10.2. The van der Waals surface area contributed by atoms with Crippen molar-refractivity contribution in [1.82, 2.24) is 30.2 Å². The van der Waals surface area contributed by atoms with E-state index in [2.05, 4.69) is 50.2 Å². The molecule has 0 spiro atoms. The van der Waals surface area contributed by atoms with Crippen molar-refractivity contribution in [3.63, 3.8) is 0 Å². The Morgan fingerprint density at radius 3 is 2.42 bits per heavy atom. The Morgan fingerprint density at radius 1 is 1.04 bits per heavy atom. The number of piperazine rings is 1. The number of aryl methyl sites for hydroxylation is 1. The number of nitrogens with zero attached hydrogens (tertiary/aromatic N) is 8. The molecule has 0 aromatic carbocycles. The van der Waals surface area contributed by atoms with E-state index in [0.717, 1.165) is 49.5 Å². The fourth-order valence-electron chi connectivity index (χ4n) is 3.08. The van der Waals surface area contributed by atoms with Gasteiger partial charge in [0.05, 0.1) is 6.04 Å². The number of aromatic nitrogens is 6. The molecule has 0 N–H and O–H groups in total. The molecule has 1 aliphatic heterocycles. The number of rotatable bonds is 4. The summed E-state index contributed by atoms with van der Waals surface area (Å²) >= 11 is 0. The van der Waals surface area contributed by atoms with E-state index >= 15 is 0 Å². The molecule has 0 bridgehead atoms. The van der Waals surface area contributed by atoms with Gasteiger partial charge in [0, 0.05) is 43.9 Å². The topological polar surface area (TPSA) is 75.9 Å². The lowest BCUT2D eigenvalue weighted by Gasteiger charge is -2.35. The van der Waals surface area contributed by atoms with E-state index in [0.29, 0.717) is 12.0 Å². The SMILES string of the molecule is Cc1cc(N2CCN(c3nnnn3C3CC3)CC2)nc(C(C)C)n1. The van der Waals surface area contributed by atoms with E-state index in [-0.39, 0.29) is 0 Å². The Balaban J connectivity index is 1.47. The maximum atomic E-state index is 4.75. The van der Waals surface area contributed by atoms with Crippen LogP contribution in [0.2, 0.25) is 0 Å². The number of anilines is 2. The summed E-state index contributed by atoms with van der Waals surface area (Å²) in [6, 6.07) is 2.58. The van der Waals surface area contributed by atoms with Crippen LogP contribution in [0.5, 0.6) is 0 Å². The predicted molar refractivity (Wildman–Crippen MR) is 91.4 cm³/mol. The second kappa shape index (κ2) is 5.99. The van der Waals surface area contributed by atoms with Crippen molar-refractivity contribution in [2.24, 2.45) is 0 Å². The first kappa shape index (κ1) is 15.3. The van der Waals surface area contributed by atoms with Crippen LogP contribution in [0.1, 0.15) is 50.2 Å². The van der Waals surface area contributed by atoms with Gasteiger partial charge in [-0.05, 0) is 30.2 Å². The molecule has 1 saturated heterocycles. The third kappa shape index (κ3) is 2.92. The molecule has 2 aromatic heterocycles. The molecule has 0 radical (unpaired) electrons. The summed E-state index contributed by atoms with van der Waals surface area (Å²) in [4.78, 5) is 13.9. The minimum atomic E-state index is 0.341. The van der Waals surface area contributed by atoms with Gasteiger partial charge in [0.1, 0.15) is 11.6 Å². The van der Waals surface area contributed by atoms with E-state index in [9.17, 15) is 0 Å². The van der Waals surface area contributed by atoms with Crippen LogP contribution < -0.4 is 9.80 Å². The average molecular weight is 328 g/mol. The van der Waals surface area contributed by atoms with Crippen molar-refractivity contribution in [2.75, 3.05) is 36.0 Å². The van der Waals surface area contributed by atoms with E-state index in [1.54, 1.807) is 0 Å². The van der Waals surface area contributed by atoms with Crippen molar-refractivity contribution in [3.8, 4) is 0 Å². The molecule has 2 aliphatic rings. The molecule has 1 aliphatic carbocycles. The molecule has 1 saturated carbocycles. The van der Waals surface area contributed by atoms with Gasteiger partial charge in [-0.25, -0.2) is 14.6 Å². The zero-order valence-corrected chi connectivity index (χ0v) is 14.6. The smallest absolute Gasteiger partial charge is 0.245 e. The highest BCUT2D eigenvalue weighted by Gasteiger charge is 2.31. The highest BCUT2D eigenvalue weighted by molar-refractivity contribution is 5.43. The molecule has 0 unspecified atom stereocenters. The summed E-state index contributed by atoms with van der Waals surface area (Å²) in [5, 5.41) is 12.3. The normalized spacial score (nSPS) is 18.5. The Labute approximate surface area is 141 Å². The Bertz CT molecular complexity index is 713. The summed E-state index contributed by atoms with van der Waals surface area (Å²) < 4.78 is 1.99. The first-order chi connectivity index (χ1) is 11.6. The summed E-state index contributed by atoms with van der Waals surface area (Å²) in [6.45, 7) is 9.97. The van der Waals surface area contributed by atoms with Gasteiger partial charge in [0.15, 0.2) is 0 Å². The van der Waals surface area contributed by atoms with Crippen LogP contribution in [-0.2, 0) is 0 Å². The molecule has 4 rings (SSSR count). The van der Waals surface area contributed by atoms with Gasteiger partial charge in [-0.15, -0.1) is 0 Å². The molecule has 0 amide bonds. The van der Waals surface area contributed by atoms with Crippen molar-refractivity contribution >= 4 is 11.8 Å². The third-order valence-electron chi connectivity index (χ3n) is 4.63. The van der Waals surface area contributed by atoms with Gasteiger partial charge >= 0.3 is 0 Å². The fraction of sp³-hybridized carbons (Fsp3) is 0.688. The largest absolute Gasteiger partial charge is 0.353 e. The zero-order valence-electron chi connectivity index (χ0n) is 14.6. The second-order valence-corrected chi connectivity index (χ2v) is 7.01. The van der Waals surface area contributed by atoms with Gasteiger partial charge in [0.25, 0.3) is 0 Å². The Hall–Kier alpha value is -2.25. The molecular formula is C16H24N8. The monoisotopic (exact) mass is 328 g/mol. The molecule has 2 fully saturated rings. The lowest BCUT2D eigenvalue weighted by Crippen LogP contribution is -2.47. The van der Waals surface area contributed by atoms with Crippen LogP contribution in [-0.4, -0.2) is 56.4 Å². The highest BCUT2D eigenvalue weighted by Crippen LogP contribution is 2.36. The number of hydrogen-bond acceptors (Lipinski definition) is 7. The van der Waals surface area contributed by atoms with Crippen LogP contribution in [0.15, 0.2) is 6.07 Å². The standard InChI is InChI=1S/C16H24N8/c1-11(2)15-17-12(3)10-14(18-15)22-6-8-23(9-7-22)16-19-20-21-24(16)13-4-5-13/h10-11,13H,4-9H2,1-3H3. The van der Waals surface area contributed by atoms with Gasteiger partial charge < -0.3 is 9.80 Å². The summed E-state index contributed by atoms with van der Waals surface area (Å²) in [5.41, 5.74) is 1.03. The average Bonchev–Trinajstić information content (AvgIpc) is 3.31. The summed E-state index contributed by atoms with van der Waals surface area (Å²) in [7, 11) is 0. The lowest BCUT2D eigenvalue weighted by molar-refractivity contribution is 0.573. The van der Waals surface area contributed by atoms with E-state index in [1.165, 1.54) is 12.8 Å². The van der Waals surface area contributed by atoms with Gasteiger partial charge in [-0.3, -0.25) is 0 Å². The zero-order chi connectivity index (χ0) is 16.7. The van der Waals surface area contributed by atoms with E-state index < -0.39 is 0 Å². The Kier molecular flexibility index (Phi) is 3.82. The first-order valence-corrected chi connectivity index (χ1v) is 8.75. The fourth-order valence-corrected chi connectivity index (χ4v) is 3.08. The summed E-state index contributed by atoms with van der Waals surface area (Å²) in [5.74, 6) is 3.21. The van der Waals surface area contributed by atoms with E-state index in [1.807, 2.05) is 11.6 Å². The molecule has 128 valence electrons. The molecule has 2 aromatic rings.